The predicted octanol–water partition coefficient (Wildman–Crippen LogP) is 10.8. The third-order valence-corrected chi connectivity index (χ3v) is 6.73. The zero-order valence-corrected chi connectivity index (χ0v) is 31.2. The fourth-order valence-corrected chi connectivity index (χ4v) is 4.13. The van der Waals surface area contributed by atoms with Crippen molar-refractivity contribution < 1.29 is 19.4 Å². The van der Waals surface area contributed by atoms with Gasteiger partial charge in [0.15, 0.2) is 0 Å². The number of halogens is 1. The van der Waals surface area contributed by atoms with Crippen LogP contribution in [0.5, 0.6) is 0 Å². The van der Waals surface area contributed by atoms with Crippen molar-refractivity contribution in [3.05, 3.63) is 162 Å². The van der Waals surface area contributed by atoms with E-state index in [0.717, 1.165) is 22.3 Å². The van der Waals surface area contributed by atoms with Gasteiger partial charge in [0, 0.05) is 0 Å². The van der Waals surface area contributed by atoms with Gasteiger partial charge in [-0.25, -0.2) is 9.59 Å². The van der Waals surface area contributed by atoms with Crippen LogP contribution in [0.2, 0.25) is 0 Å². The van der Waals surface area contributed by atoms with E-state index in [2.05, 4.69) is 68.4 Å². The van der Waals surface area contributed by atoms with Gasteiger partial charge < -0.3 is 20.9 Å². The number of hydrogen-bond donors (Lipinski definition) is 3. The maximum absolute atomic E-state index is 11.4. The maximum Gasteiger partial charge on any atom is 0.408 e. The van der Waals surface area contributed by atoms with E-state index in [9.17, 15) is 9.59 Å². The van der Waals surface area contributed by atoms with Gasteiger partial charge in [-0.1, -0.05) is 167 Å². The van der Waals surface area contributed by atoms with Crippen LogP contribution in [-0.2, 0) is 9.53 Å². The van der Waals surface area contributed by atoms with Crippen molar-refractivity contribution in [1.82, 2.24) is 5.32 Å². The molecule has 7 heteroatoms. The predicted molar refractivity (Wildman–Crippen MR) is 214 cm³/mol. The average Bonchev–Trinajstić information content (AvgIpc) is 3.08. The standard InChI is InChI=1S/C14H15N.C11H21NO4.C10H10.C8H8.ClH/c1-11-7-9-13(10-8-11)14(15)12-5-3-2-4-6-12;1-7(2)6-8(9(13)14)12-10(15)16-11(3,4)5;1-3-9-5-7-10(4-2)8-6-9;1-2-8-6-4-3-5-7-8;/h2-10,14H,15H2,1H3;7-8H,6H2,1-5H3,(H,12,15)(H,13,14);3-8H,1-2H2;2-7H,1H2;1H/t;8-;;;/m.0.../s1. The molecule has 4 aromatic carbocycles. The first-order chi connectivity index (χ1) is 23.2. The molecular formula is C43H55ClN2O4. The van der Waals surface area contributed by atoms with Crippen LogP contribution in [0, 0.1) is 12.8 Å². The molecule has 0 saturated carbocycles. The van der Waals surface area contributed by atoms with E-state index < -0.39 is 23.7 Å². The van der Waals surface area contributed by atoms with Crippen LogP contribution in [0.25, 0.3) is 18.2 Å². The molecule has 0 saturated heterocycles. The zero-order chi connectivity index (χ0) is 36.8. The topological polar surface area (TPSA) is 102 Å². The quantitative estimate of drug-likeness (QED) is 0.161. The van der Waals surface area contributed by atoms with Crippen LogP contribution in [0.1, 0.15) is 80.5 Å². The first-order valence-electron chi connectivity index (χ1n) is 16.3. The molecule has 1 amide bonds. The lowest BCUT2D eigenvalue weighted by Gasteiger charge is -2.22. The lowest BCUT2D eigenvalue weighted by atomic mass is 9.99. The molecule has 0 aliphatic heterocycles. The molecular weight excluding hydrogens is 644 g/mol. The van der Waals surface area contributed by atoms with E-state index in [0.29, 0.717) is 6.42 Å². The van der Waals surface area contributed by atoms with Crippen LogP contribution in [-0.4, -0.2) is 28.8 Å². The molecule has 0 spiro atoms. The second-order valence-corrected chi connectivity index (χ2v) is 12.7. The molecule has 50 heavy (non-hydrogen) atoms. The molecule has 268 valence electrons. The van der Waals surface area contributed by atoms with Gasteiger partial charge in [0.05, 0.1) is 6.04 Å². The molecule has 0 radical (unpaired) electrons. The fraction of sp³-hybridized carbons (Fsp3) is 0.256. The van der Waals surface area contributed by atoms with Gasteiger partial charge in [-0.3, -0.25) is 0 Å². The summed E-state index contributed by atoms with van der Waals surface area (Å²) < 4.78 is 4.99. The summed E-state index contributed by atoms with van der Waals surface area (Å²) >= 11 is 0. The highest BCUT2D eigenvalue weighted by Gasteiger charge is 2.24. The average molecular weight is 699 g/mol. The van der Waals surface area contributed by atoms with Gasteiger partial charge in [-0.2, -0.15) is 0 Å². The number of carboxylic acids is 1. The minimum Gasteiger partial charge on any atom is -0.480 e. The van der Waals surface area contributed by atoms with Crippen LogP contribution < -0.4 is 11.1 Å². The van der Waals surface area contributed by atoms with Crippen LogP contribution in [0.3, 0.4) is 0 Å². The van der Waals surface area contributed by atoms with Crippen molar-refractivity contribution in [3.63, 3.8) is 0 Å². The maximum atomic E-state index is 11.4. The number of ether oxygens (including phenoxy) is 1. The van der Waals surface area contributed by atoms with Crippen molar-refractivity contribution in [3.8, 4) is 0 Å². The molecule has 0 aliphatic carbocycles. The Morgan fingerprint density at radius 1 is 0.740 bits per heavy atom. The number of aryl methyl sites for hydroxylation is 1. The van der Waals surface area contributed by atoms with Gasteiger partial charge in [0.1, 0.15) is 11.6 Å². The number of hydrogen-bond acceptors (Lipinski definition) is 4. The first kappa shape index (κ1) is 45.1. The minimum absolute atomic E-state index is 0. The highest BCUT2D eigenvalue weighted by molar-refractivity contribution is 5.85. The number of benzene rings is 4. The molecule has 0 fully saturated rings. The minimum atomic E-state index is -1.04. The Morgan fingerprint density at radius 2 is 1.14 bits per heavy atom. The van der Waals surface area contributed by atoms with Crippen LogP contribution in [0.15, 0.2) is 129 Å². The van der Waals surface area contributed by atoms with Crippen molar-refractivity contribution in [1.29, 1.82) is 0 Å². The Bertz CT molecular complexity index is 1520. The number of rotatable bonds is 9. The first-order valence-corrected chi connectivity index (χ1v) is 16.3. The third kappa shape index (κ3) is 19.8. The molecule has 0 bridgehead atoms. The third-order valence-electron chi connectivity index (χ3n) is 6.73. The summed E-state index contributed by atoms with van der Waals surface area (Å²) in [5.41, 5.74) is 12.6. The van der Waals surface area contributed by atoms with Crippen molar-refractivity contribution in [2.45, 2.75) is 65.6 Å². The second-order valence-electron chi connectivity index (χ2n) is 12.7. The highest BCUT2D eigenvalue weighted by Crippen LogP contribution is 2.19. The van der Waals surface area contributed by atoms with Crippen LogP contribution >= 0.6 is 12.4 Å². The van der Waals surface area contributed by atoms with Crippen molar-refractivity contribution >= 4 is 42.7 Å². The van der Waals surface area contributed by atoms with Crippen LogP contribution in [0.4, 0.5) is 4.79 Å². The molecule has 0 aromatic heterocycles. The molecule has 2 atom stereocenters. The number of amides is 1. The Hall–Kier alpha value is -4.91. The molecule has 4 aromatic rings. The van der Waals surface area contributed by atoms with Gasteiger partial charge in [-0.05, 0) is 67.9 Å². The summed E-state index contributed by atoms with van der Waals surface area (Å²) in [6, 6.07) is 35.7. The molecule has 4 N–H and O–H groups in total. The Morgan fingerprint density at radius 3 is 1.50 bits per heavy atom. The summed E-state index contributed by atoms with van der Waals surface area (Å²) in [5.74, 6) is -0.851. The summed E-state index contributed by atoms with van der Waals surface area (Å²) in [6.45, 7) is 22.0. The highest BCUT2D eigenvalue weighted by atomic mass is 35.5. The van der Waals surface area contributed by atoms with E-state index in [1.54, 1.807) is 20.8 Å². The van der Waals surface area contributed by atoms with E-state index >= 15 is 0 Å². The van der Waals surface area contributed by atoms with E-state index in [4.69, 9.17) is 15.6 Å². The smallest absolute Gasteiger partial charge is 0.408 e. The molecule has 0 aliphatic rings. The lowest BCUT2D eigenvalue weighted by molar-refractivity contribution is -0.139. The van der Waals surface area contributed by atoms with Gasteiger partial charge in [-0.15, -0.1) is 12.4 Å². The number of alkyl carbamates (subject to hydrolysis) is 1. The number of aliphatic carboxylic acids is 1. The monoisotopic (exact) mass is 698 g/mol. The largest absolute Gasteiger partial charge is 0.480 e. The van der Waals surface area contributed by atoms with Crippen molar-refractivity contribution in [2.75, 3.05) is 0 Å². The Kier molecular flexibility index (Phi) is 21.9. The number of carbonyl (C=O) groups excluding carboxylic acids is 1. The summed E-state index contributed by atoms with van der Waals surface area (Å²) in [7, 11) is 0. The number of nitrogens with one attached hydrogen (secondary N) is 1. The van der Waals surface area contributed by atoms with Gasteiger partial charge >= 0.3 is 12.1 Å². The van der Waals surface area contributed by atoms with E-state index in [1.807, 2.05) is 105 Å². The SMILES string of the molecule is C=Cc1ccc(C=C)cc1.C=Cc1ccccc1.CC(C)C[C@H](NC(=O)OC(C)(C)C)C(=O)O.Cc1ccc(C(N)c2ccccc2)cc1.Cl. The van der Waals surface area contributed by atoms with E-state index in [1.165, 1.54) is 11.1 Å². The summed E-state index contributed by atoms with van der Waals surface area (Å²) in [6.07, 6.45) is 5.18. The molecule has 0 heterocycles. The Balaban J connectivity index is 0.000000656. The molecule has 1 unspecified atom stereocenters. The number of carbonyl (C=O) groups is 2. The van der Waals surface area contributed by atoms with Gasteiger partial charge in [0.25, 0.3) is 0 Å². The van der Waals surface area contributed by atoms with E-state index in [-0.39, 0.29) is 24.4 Å². The number of nitrogens with two attached hydrogens (primary N) is 1. The fourth-order valence-electron chi connectivity index (χ4n) is 4.13. The van der Waals surface area contributed by atoms with Crippen molar-refractivity contribution in [2.24, 2.45) is 11.7 Å². The Labute approximate surface area is 306 Å². The summed E-state index contributed by atoms with van der Waals surface area (Å²) in [4.78, 5) is 22.2. The normalized spacial score (nSPS) is 11.1. The van der Waals surface area contributed by atoms with Gasteiger partial charge in [0.2, 0.25) is 0 Å². The molecule has 4 rings (SSSR count). The molecule has 6 nitrogen and oxygen atoms in total. The second kappa shape index (κ2) is 24.3. The summed E-state index contributed by atoms with van der Waals surface area (Å²) in [5, 5.41) is 11.2. The zero-order valence-electron chi connectivity index (χ0n) is 30.3. The lowest BCUT2D eigenvalue weighted by Crippen LogP contribution is -2.44. The number of carboxylic acid groups (broad SMARTS) is 1.